The first-order valence-corrected chi connectivity index (χ1v) is 8.27. The van der Waals surface area contributed by atoms with Crippen LogP contribution < -0.4 is 16.1 Å². The molecule has 0 bridgehead atoms. The van der Waals surface area contributed by atoms with Crippen molar-refractivity contribution in [1.29, 1.82) is 0 Å². The fourth-order valence-corrected chi connectivity index (χ4v) is 2.69. The molecule has 0 unspecified atom stereocenters. The first-order valence-electron chi connectivity index (χ1n) is 6.38. The lowest BCUT2D eigenvalue weighted by Gasteiger charge is -2.20. The van der Waals surface area contributed by atoms with E-state index in [0.717, 1.165) is 10.8 Å². The Morgan fingerprint density at radius 2 is 2.27 bits per heavy atom. The molecule has 1 aromatic heterocycles. The summed E-state index contributed by atoms with van der Waals surface area (Å²) in [4.78, 5) is 15.4. The molecule has 2 rings (SSSR count). The van der Waals surface area contributed by atoms with Crippen molar-refractivity contribution < 1.29 is 23.0 Å². The number of methoxy groups -OCH3 is 1. The van der Waals surface area contributed by atoms with Crippen LogP contribution in [0.3, 0.4) is 0 Å². The van der Waals surface area contributed by atoms with Gasteiger partial charge in [-0.2, -0.15) is 4.98 Å². The molecule has 22 heavy (non-hydrogen) atoms. The summed E-state index contributed by atoms with van der Waals surface area (Å²) in [5.74, 6) is 0.0593. The van der Waals surface area contributed by atoms with Gasteiger partial charge in [0.05, 0.1) is 6.26 Å². The first kappa shape index (κ1) is 16.8. The van der Waals surface area contributed by atoms with Crippen LogP contribution in [0.15, 0.2) is 17.1 Å². The van der Waals surface area contributed by atoms with Gasteiger partial charge in [0.1, 0.15) is 24.1 Å². The maximum atomic E-state index is 11.9. The quantitative estimate of drug-likeness (QED) is 0.542. The van der Waals surface area contributed by atoms with Gasteiger partial charge < -0.3 is 20.3 Å². The number of anilines is 1. The first-order chi connectivity index (χ1) is 10.2. The number of rotatable bonds is 5. The van der Waals surface area contributed by atoms with Crippen LogP contribution in [0.1, 0.15) is 6.23 Å². The number of ether oxygens (including phenoxy) is 2. The molecule has 1 fully saturated rings. The second-order valence-corrected chi connectivity index (χ2v) is 6.75. The maximum absolute atomic E-state index is 11.9. The number of sulfonamides is 1. The van der Waals surface area contributed by atoms with Crippen LogP contribution >= 0.6 is 0 Å². The molecule has 0 saturated carbocycles. The zero-order valence-electron chi connectivity index (χ0n) is 12.0. The number of nitrogens with two attached hydrogens (primary N) is 1. The molecule has 0 spiro atoms. The molecule has 4 N–H and O–H groups in total. The van der Waals surface area contributed by atoms with E-state index in [2.05, 4.69) is 9.71 Å². The summed E-state index contributed by atoms with van der Waals surface area (Å²) in [5.41, 5.74) is 4.76. The van der Waals surface area contributed by atoms with Gasteiger partial charge in [0.15, 0.2) is 6.23 Å². The topological polar surface area (TPSA) is 146 Å². The number of nitrogen functional groups attached to an aromatic ring is 1. The maximum Gasteiger partial charge on any atom is 0.351 e. The Balaban J connectivity index is 2.23. The molecule has 1 aromatic rings. The van der Waals surface area contributed by atoms with Crippen molar-refractivity contribution in [3.63, 3.8) is 0 Å². The molecule has 1 saturated heterocycles. The molecule has 1 aliphatic heterocycles. The average molecular weight is 334 g/mol. The predicted molar refractivity (Wildman–Crippen MR) is 76.5 cm³/mol. The summed E-state index contributed by atoms with van der Waals surface area (Å²) in [6, 6.07) is 1.41. The fraction of sp³-hybridized carbons (Fsp3) is 0.636. The number of aliphatic hydroxyl groups excluding tert-OH is 1. The number of nitrogens with zero attached hydrogens (tertiary/aromatic N) is 2. The fourth-order valence-electron chi connectivity index (χ4n) is 2.22. The monoisotopic (exact) mass is 334 g/mol. The Hall–Kier alpha value is -1.53. The number of hydrogen-bond acceptors (Lipinski definition) is 8. The molecular weight excluding hydrogens is 316 g/mol. The SMILES string of the molecule is CO[C@@H]1[C@H](O)[C@@H](CNS(C)(=O)=O)O[C@H]1n1ccc(N)nc1=O. The molecule has 124 valence electrons. The van der Waals surface area contributed by atoms with Crippen LogP contribution in [-0.2, 0) is 19.5 Å². The molecule has 0 aromatic carbocycles. The third kappa shape index (κ3) is 3.62. The summed E-state index contributed by atoms with van der Waals surface area (Å²) in [6.45, 7) is -0.145. The van der Waals surface area contributed by atoms with Gasteiger partial charge in [-0.3, -0.25) is 4.57 Å². The van der Waals surface area contributed by atoms with E-state index in [4.69, 9.17) is 15.2 Å². The number of aromatic nitrogens is 2. The second-order valence-electron chi connectivity index (χ2n) is 4.92. The van der Waals surface area contributed by atoms with Gasteiger partial charge >= 0.3 is 5.69 Å². The van der Waals surface area contributed by atoms with Gasteiger partial charge in [-0.15, -0.1) is 0 Å². The third-order valence-corrected chi connectivity index (χ3v) is 3.95. The number of aliphatic hydroxyl groups is 1. The van der Waals surface area contributed by atoms with Crippen molar-refractivity contribution in [2.24, 2.45) is 0 Å². The smallest absolute Gasteiger partial charge is 0.351 e. The highest BCUT2D eigenvalue weighted by Gasteiger charge is 2.45. The molecular formula is C11H18N4O6S. The van der Waals surface area contributed by atoms with Crippen LogP contribution in [0.25, 0.3) is 0 Å². The highest BCUT2D eigenvalue weighted by Crippen LogP contribution is 2.30. The van der Waals surface area contributed by atoms with Crippen LogP contribution in [0.5, 0.6) is 0 Å². The molecule has 10 nitrogen and oxygen atoms in total. The minimum absolute atomic E-state index is 0.0593. The van der Waals surface area contributed by atoms with Gasteiger partial charge in [0.25, 0.3) is 0 Å². The number of nitrogens with one attached hydrogen (secondary N) is 1. The van der Waals surface area contributed by atoms with Crippen LogP contribution in [-0.4, -0.2) is 61.3 Å². The van der Waals surface area contributed by atoms with Crippen molar-refractivity contribution in [3.05, 3.63) is 22.7 Å². The van der Waals surface area contributed by atoms with E-state index in [1.54, 1.807) is 0 Å². The van der Waals surface area contributed by atoms with Crippen LogP contribution in [0, 0.1) is 0 Å². The van der Waals surface area contributed by atoms with E-state index in [0.29, 0.717) is 0 Å². The lowest BCUT2D eigenvalue weighted by Crippen LogP contribution is -2.40. The highest BCUT2D eigenvalue weighted by molar-refractivity contribution is 7.88. The van der Waals surface area contributed by atoms with E-state index < -0.39 is 40.3 Å². The van der Waals surface area contributed by atoms with Gasteiger partial charge in [-0.1, -0.05) is 0 Å². The van der Waals surface area contributed by atoms with E-state index in [1.807, 2.05) is 0 Å². The van der Waals surface area contributed by atoms with Crippen molar-refractivity contribution in [3.8, 4) is 0 Å². The predicted octanol–water partition coefficient (Wildman–Crippen LogP) is -2.35. The normalized spacial score (nSPS) is 28.9. The zero-order valence-corrected chi connectivity index (χ0v) is 12.9. The Bertz CT molecular complexity index is 690. The lowest BCUT2D eigenvalue weighted by molar-refractivity contribution is -0.0529. The molecule has 2 heterocycles. The van der Waals surface area contributed by atoms with Gasteiger partial charge in [0.2, 0.25) is 10.0 Å². The minimum atomic E-state index is -3.43. The van der Waals surface area contributed by atoms with Crippen molar-refractivity contribution in [2.75, 3.05) is 25.6 Å². The van der Waals surface area contributed by atoms with Crippen LogP contribution in [0.4, 0.5) is 5.82 Å². The summed E-state index contributed by atoms with van der Waals surface area (Å²) in [6.07, 6.45) is -1.40. The molecule has 4 atom stereocenters. The molecule has 0 radical (unpaired) electrons. The van der Waals surface area contributed by atoms with E-state index in [1.165, 1.54) is 19.4 Å². The Labute approximate surface area is 126 Å². The van der Waals surface area contributed by atoms with Crippen molar-refractivity contribution in [1.82, 2.24) is 14.3 Å². The Morgan fingerprint density at radius 1 is 1.59 bits per heavy atom. The lowest BCUT2D eigenvalue weighted by atomic mass is 10.1. The van der Waals surface area contributed by atoms with Gasteiger partial charge in [-0.25, -0.2) is 17.9 Å². The highest BCUT2D eigenvalue weighted by atomic mass is 32.2. The standard InChI is InChI=1S/C11H18N4O6S/c1-20-9-8(16)6(5-13-22(2,18)19)21-10(9)15-4-3-7(12)14-11(15)17/h3-4,6,8-10,13,16H,5H2,1-2H3,(H2,12,14,17)/t6-,8-,9-,10-/m1/s1. The van der Waals surface area contributed by atoms with E-state index in [9.17, 15) is 18.3 Å². The summed E-state index contributed by atoms with van der Waals surface area (Å²) < 4.78 is 36.4. The minimum Gasteiger partial charge on any atom is -0.387 e. The van der Waals surface area contributed by atoms with E-state index in [-0.39, 0.29) is 12.4 Å². The summed E-state index contributed by atoms with van der Waals surface area (Å²) >= 11 is 0. The molecule has 1 aliphatic rings. The average Bonchev–Trinajstić information content (AvgIpc) is 2.72. The Kier molecular flexibility index (Phi) is 4.82. The summed E-state index contributed by atoms with van der Waals surface area (Å²) in [7, 11) is -2.08. The van der Waals surface area contributed by atoms with Crippen molar-refractivity contribution in [2.45, 2.75) is 24.5 Å². The zero-order chi connectivity index (χ0) is 16.5. The van der Waals surface area contributed by atoms with Crippen LogP contribution in [0.2, 0.25) is 0 Å². The molecule has 0 aliphatic carbocycles. The van der Waals surface area contributed by atoms with Crippen molar-refractivity contribution >= 4 is 15.8 Å². The number of hydrogen-bond donors (Lipinski definition) is 3. The second kappa shape index (κ2) is 6.30. The largest absolute Gasteiger partial charge is 0.387 e. The molecule has 11 heteroatoms. The van der Waals surface area contributed by atoms with Gasteiger partial charge in [0, 0.05) is 19.9 Å². The van der Waals surface area contributed by atoms with Gasteiger partial charge in [-0.05, 0) is 6.07 Å². The summed E-state index contributed by atoms with van der Waals surface area (Å²) in [5, 5.41) is 10.2. The third-order valence-electron chi connectivity index (χ3n) is 3.26. The van der Waals surface area contributed by atoms with E-state index >= 15 is 0 Å². The molecule has 0 amide bonds. The Morgan fingerprint density at radius 3 is 2.82 bits per heavy atom.